The van der Waals surface area contributed by atoms with Crippen LogP contribution < -0.4 is 4.74 Å². The van der Waals surface area contributed by atoms with Crippen molar-refractivity contribution in [3.63, 3.8) is 0 Å². The van der Waals surface area contributed by atoms with E-state index >= 15 is 0 Å². The van der Waals surface area contributed by atoms with Gasteiger partial charge in [-0.1, -0.05) is 102 Å². The first-order chi connectivity index (χ1) is 15.4. The fourth-order valence-electron chi connectivity index (χ4n) is 4.62. The summed E-state index contributed by atoms with van der Waals surface area (Å²) in [4.78, 5) is 12.6. The zero-order valence-corrected chi connectivity index (χ0v) is 21.0. The summed E-state index contributed by atoms with van der Waals surface area (Å²) in [5.41, 5.74) is 0.625. The predicted octanol–water partition coefficient (Wildman–Crippen LogP) is 7.97. The largest absolute Gasteiger partial charge is 0.429 e. The number of carbonyl (C=O) groups excluding carboxylic acids is 1. The maximum absolute atomic E-state index is 12.6. The SMILES string of the molecule is CCCCCCCCCCCCCCCC(=O)OC1(OC)Oc2ccccc2CC1(C)C. The van der Waals surface area contributed by atoms with Crippen LogP contribution in [0.25, 0.3) is 0 Å². The molecule has 4 nitrogen and oxygen atoms in total. The first-order valence-corrected chi connectivity index (χ1v) is 13.0. The van der Waals surface area contributed by atoms with Crippen LogP contribution in [0.2, 0.25) is 0 Å². The Morgan fingerprint density at radius 3 is 1.97 bits per heavy atom. The molecule has 1 aromatic rings. The van der Waals surface area contributed by atoms with Crippen LogP contribution in [0.4, 0.5) is 0 Å². The highest BCUT2D eigenvalue weighted by molar-refractivity contribution is 5.69. The molecule has 0 radical (unpaired) electrons. The number of rotatable bonds is 16. The van der Waals surface area contributed by atoms with E-state index < -0.39 is 11.4 Å². The van der Waals surface area contributed by atoms with Crippen LogP contribution in [0.3, 0.4) is 0 Å². The van der Waals surface area contributed by atoms with Gasteiger partial charge in [-0.15, -0.1) is 0 Å². The molecular formula is C28H46O4. The fourth-order valence-corrected chi connectivity index (χ4v) is 4.62. The van der Waals surface area contributed by atoms with Crippen molar-refractivity contribution >= 4 is 5.97 Å². The molecule has 0 aliphatic carbocycles. The van der Waals surface area contributed by atoms with Gasteiger partial charge >= 0.3 is 11.9 Å². The van der Waals surface area contributed by atoms with Gasteiger partial charge in [-0.25, -0.2) is 0 Å². The molecule has 2 rings (SSSR count). The molecule has 1 heterocycles. The zero-order chi connectivity index (χ0) is 23.3. The third-order valence-electron chi connectivity index (χ3n) is 6.68. The predicted molar refractivity (Wildman–Crippen MR) is 131 cm³/mol. The highest BCUT2D eigenvalue weighted by Gasteiger charge is 2.55. The summed E-state index contributed by atoms with van der Waals surface area (Å²) in [6.07, 6.45) is 17.9. The maximum atomic E-state index is 12.6. The summed E-state index contributed by atoms with van der Waals surface area (Å²) in [5.74, 6) is -0.903. The van der Waals surface area contributed by atoms with Crippen LogP contribution >= 0.6 is 0 Å². The third-order valence-corrected chi connectivity index (χ3v) is 6.68. The average Bonchev–Trinajstić information content (AvgIpc) is 2.77. The molecule has 0 aromatic heterocycles. The van der Waals surface area contributed by atoms with Crippen molar-refractivity contribution < 1.29 is 19.0 Å². The number of benzene rings is 1. The summed E-state index contributed by atoms with van der Waals surface area (Å²) in [6, 6.07) is 7.87. The van der Waals surface area contributed by atoms with Gasteiger partial charge < -0.3 is 14.2 Å². The van der Waals surface area contributed by atoms with Crippen molar-refractivity contribution in [3.05, 3.63) is 29.8 Å². The molecule has 0 saturated heterocycles. The smallest absolute Gasteiger partial charge is 0.379 e. The molecule has 0 N–H and O–H groups in total. The van der Waals surface area contributed by atoms with Crippen LogP contribution in [0.1, 0.15) is 116 Å². The maximum Gasteiger partial charge on any atom is 0.379 e. The van der Waals surface area contributed by atoms with Crippen molar-refractivity contribution in [1.82, 2.24) is 0 Å². The Kier molecular flexibility index (Phi) is 11.6. The minimum Gasteiger partial charge on any atom is -0.429 e. The summed E-state index contributed by atoms with van der Waals surface area (Å²) >= 11 is 0. The Morgan fingerprint density at radius 2 is 1.41 bits per heavy atom. The average molecular weight is 447 g/mol. The molecule has 1 aliphatic rings. The molecule has 1 atom stereocenters. The molecule has 182 valence electrons. The highest BCUT2D eigenvalue weighted by Crippen LogP contribution is 2.46. The molecule has 1 aliphatic heterocycles. The Morgan fingerprint density at radius 1 is 0.875 bits per heavy atom. The van der Waals surface area contributed by atoms with Gasteiger partial charge in [0.05, 0.1) is 5.41 Å². The van der Waals surface area contributed by atoms with E-state index in [9.17, 15) is 4.79 Å². The molecule has 0 fully saturated rings. The third kappa shape index (κ3) is 8.10. The van der Waals surface area contributed by atoms with E-state index in [1.165, 1.54) is 70.6 Å². The van der Waals surface area contributed by atoms with Crippen LogP contribution in [-0.2, 0) is 20.7 Å². The van der Waals surface area contributed by atoms with E-state index in [1.807, 2.05) is 38.1 Å². The van der Waals surface area contributed by atoms with Gasteiger partial charge in [-0.2, -0.15) is 0 Å². The summed E-state index contributed by atoms with van der Waals surface area (Å²) < 4.78 is 17.6. The van der Waals surface area contributed by atoms with Gasteiger partial charge in [-0.05, 0) is 38.3 Å². The normalized spacial score (nSPS) is 19.2. The number of carbonyl (C=O) groups is 1. The van der Waals surface area contributed by atoms with Gasteiger partial charge in [0, 0.05) is 13.5 Å². The number of methoxy groups -OCH3 is 1. The minimum absolute atomic E-state index is 0.248. The number of hydrogen-bond donors (Lipinski definition) is 0. The molecule has 1 aromatic carbocycles. The van der Waals surface area contributed by atoms with E-state index in [4.69, 9.17) is 14.2 Å². The number of esters is 1. The highest BCUT2D eigenvalue weighted by atomic mass is 16.9. The first-order valence-electron chi connectivity index (χ1n) is 13.0. The number of ether oxygens (including phenoxy) is 3. The van der Waals surface area contributed by atoms with E-state index in [0.717, 1.165) is 30.6 Å². The minimum atomic E-state index is -1.38. The van der Waals surface area contributed by atoms with Crippen LogP contribution in [-0.4, -0.2) is 19.1 Å². The van der Waals surface area contributed by atoms with Crippen molar-refractivity contribution in [2.24, 2.45) is 5.41 Å². The monoisotopic (exact) mass is 446 g/mol. The van der Waals surface area contributed by atoms with E-state index in [0.29, 0.717) is 6.42 Å². The Hall–Kier alpha value is -1.55. The van der Waals surface area contributed by atoms with Crippen molar-refractivity contribution in [2.75, 3.05) is 7.11 Å². The van der Waals surface area contributed by atoms with Gasteiger partial charge in [0.1, 0.15) is 5.75 Å². The summed E-state index contributed by atoms with van der Waals surface area (Å²) in [5, 5.41) is 0. The lowest BCUT2D eigenvalue weighted by molar-refractivity contribution is -0.370. The molecule has 0 saturated carbocycles. The quantitative estimate of drug-likeness (QED) is 0.147. The zero-order valence-electron chi connectivity index (χ0n) is 21.0. The molecule has 1 unspecified atom stereocenters. The summed E-state index contributed by atoms with van der Waals surface area (Å²) in [6.45, 7) is 6.31. The second-order valence-electron chi connectivity index (χ2n) is 10.00. The number of hydrogen-bond acceptors (Lipinski definition) is 4. The second kappa shape index (κ2) is 13.9. The molecule has 0 spiro atoms. The molecule has 4 heteroatoms. The lowest BCUT2D eigenvalue weighted by Crippen LogP contribution is -2.57. The lowest BCUT2D eigenvalue weighted by atomic mass is 9.80. The Balaban J connectivity index is 1.60. The number of unbranched alkanes of at least 4 members (excludes halogenated alkanes) is 12. The van der Waals surface area contributed by atoms with Crippen LogP contribution in [0, 0.1) is 5.41 Å². The van der Waals surface area contributed by atoms with Crippen molar-refractivity contribution in [2.45, 2.75) is 123 Å². The Bertz CT molecular complexity index is 669. The van der Waals surface area contributed by atoms with Gasteiger partial charge in [0.25, 0.3) is 0 Å². The van der Waals surface area contributed by atoms with E-state index in [2.05, 4.69) is 6.92 Å². The summed E-state index contributed by atoms with van der Waals surface area (Å²) in [7, 11) is 1.55. The van der Waals surface area contributed by atoms with Crippen molar-refractivity contribution in [3.8, 4) is 5.75 Å². The van der Waals surface area contributed by atoms with E-state index in [-0.39, 0.29) is 5.97 Å². The first kappa shape index (κ1) is 26.7. The molecule has 32 heavy (non-hydrogen) atoms. The molecular weight excluding hydrogens is 400 g/mol. The topological polar surface area (TPSA) is 44.8 Å². The molecule has 0 bridgehead atoms. The molecule has 0 amide bonds. The van der Waals surface area contributed by atoms with E-state index in [1.54, 1.807) is 7.11 Å². The van der Waals surface area contributed by atoms with Crippen LogP contribution in [0.5, 0.6) is 5.75 Å². The van der Waals surface area contributed by atoms with Gasteiger partial charge in [-0.3, -0.25) is 4.79 Å². The number of fused-ring (bicyclic) bond motifs is 1. The van der Waals surface area contributed by atoms with Crippen LogP contribution in [0.15, 0.2) is 24.3 Å². The second-order valence-corrected chi connectivity index (χ2v) is 10.00. The number of para-hydroxylation sites is 1. The Labute approximate surface area is 196 Å². The lowest BCUT2D eigenvalue weighted by Gasteiger charge is -2.46. The van der Waals surface area contributed by atoms with Gasteiger partial charge in [0.15, 0.2) is 0 Å². The van der Waals surface area contributed by atoms with Gasteiger partial charge in [0.2, 0.25) is 0 Å². The van der Waals surface area contributed by atoms with Crippen molar-refractivity contribution in [1.29, 1.82) is 0 Å². The fraction of sp³-hybridized carbons (Fsp3) is 0.750. The standard InChI is InChI=1S/C28H46O4/c1-5-6-7-8-9-10-11-12-13-14-15-16-17-22-26(29)32-28(30-4)27(2,3)23-24-20-18-19-21-25(24)31-28/h18-21H,5-17,22-23H2,1-4H3.